The molecule has 0 unspecified atom stereocenters. The molecule has 5 aromatic carbocycles. The number of phenolic OH excluding ortho intramolecular Hbond substituents is 2. The number of nitrogens with one attached hydrogen (secondary N) is 17. The lowest BCUT2D eigenvalue weighted by Gasteiger charge is -2.30. The van der Waals surface area contributed by atoms with Gasteiger partial charge >= 0.3 is 17.9 Å². The average molecular weight is 1930 g/mol. The molecule has 0 saturated carbocycles. The molecule has 0 spiro atoms. The van der Waals surface area contributed by atoms with Crippen LogP contribution in [0.4, 0.5) is 0 Å². The first-order valence-corrected chi connectivity index (χ1v) is 45.3. The van der Waals surface area contributed by atoms with Crippen molar-refractivity contribution in [3.8, 4) is 11.5 Å². The summed E-state index contributed by atoms with van der Waals surface area (Å²) in [5.41, 5.74) is 18.9. The molecule has 0 saturated heterocycles. The zero-order valence-corrected chi connectivity index (χ0v) is 76.7. The Morgan fingerprint density at radius 3 is 1.08 bits per heavy atom. The molecule has 0 bridgehead atoms. The number of carboxylic acid groups (broad SMARTS) is 3. The van der Waals surface area contributed by atoms with Crippen molar-refractivity contribution in [2.45, 2.75) is 201 Å². The molecular weight excluding hydrogens is 1810 g/mol. The molecule has 0 aromatic heterocycles. The van der Waals surface area contributed by atoms with Gasteiger partial charge in [0, 0.05) is 45.1 Å². The first kappa shape index (κ1) is 113. The second-order valence-electron chi connectivity index (χ2n) is 32.4. The molecule has 746 valence electrons. The SMILES string of the molecule is CSCC[C@H](NC(=O)[C@H](Cc1ccccc1)NC(=O)[C@H](CO)NC(=O)CNC(=O)[C@@H](N)CCCNC(=N)N)C(=O)NCC(=O)N[C@@H](CO)C(=O)N[C@@H](CC(=O)O)C(=O)N[C@@H](CCC(=O)O)C(=O)N[C@H](C(=O)N[C@@H](Cc1ccccc1)C(=O)N[C@H](C(=O)N[C@@H](Cc1ccc(O)cc1)C(=O)N[C@@H](Cc1ccccc1)C(=O)N[C@@H](Cc1ccc(O)cc1)C(=O)N[C@@H](CCCCN)C(=O)O)[C@@H](C)O)C(C)C. The number of unbranched alkanes of at least 4 members (excludes halogenated alkanes) is 1. The maximum atomic E-state index is 15.0. The van der Waals surface area contributed by atoms with Gasteiger partial charge in [-0.15, -0.1) is 0 Å². The molecule has 0 radical (unpaired) electrons. The Labute approximate surface area is 792 Å². The molecule has 15 atom stereocenters. The van der Waals surface area contributed by atoms with Crippen molar-refractivity contribution in [3.05, 3.63) is 167 Å². The Kier molecular flexibility index (Phi) is 49.0. The lowest BCUT2D eigenvalue weighted by Crippen LogP contribution is -2.63. The van der Waals surface area contributed by atoms with Crippen LogP contribution in [0.2, 0.25) is 0 Å². The zero-order valence-electron chi connectivity index (χ0n) is 75.9. The monoisotopic (exact) mass is 1930 g/mol. The van der Waals surface area contributed by atoms with Gasteiger partial charge in [-0.05, 0) is 128 Å². The quantitative estimate of drug-likeness (QED) is 0.00979. The summed E-state index contributed by atoms with van der Waals surface area (Å²) in [5.74, 6) is -22.5. The van der Waals surface area contributed by atoms with Crippen LogP contribution >= 0.6 is 11.8 Å². The normalized spacial score (nSPS) is 14.3. The first-order valence-electron chi connectivity index (χ1n) is 43.9. The number of aliphatic hydroxyl groups is 3. The number of aliphatic hydroxyl groups excluding tert-OH is 3. The Morgan fingerprint density at radius 2 is 0.708 bits per heavy atom. The fourth-order valence-corrected chi connectivity index (χ4v) is 14.0. The number of benzene rings is 5. The van der Waals surface area contributed by atoms with Crippen LogP contribution in [0, 0.1) is 11.3 Å². The van der Waals surface area contributed by atoms with E-state index in [1.165, 1.54) is 74.1 Å². The van der Waals surface area contributed by atoms with E-state index in [2.05, 4.69) is 85.1 Å². The molecule has 0 aliphatic heterocycles. The molecule has 46 nitrogen and oxygen atoms in total. The molecule has 137 heavy (non-hydrogen) atoms. The third-order valence-corrected chi connectivity index (χ3v) is 21.7. The van der Waals surface area contributed by atoms with Crippen LogP contribution in [0.1, 0.15) is 106 Å². The lowest BCUT2D eigenvalue weighted by molar-refractivity contribution is -0.143. The van der Waals surface area contributed by atoms with Gasteiger partial charge < -0.3 is 143 Å². The van der Waals surface area contributed by atoms with E-state index in [-0.39, 0.29) is 81.2 Å². The van der Waals surface area contributed by atoms with E-state index in [1.54, 1.807) is 97.3 Å². The summed E-state index contributed by atoms with van der Waals surface area (Å²) >= 11 is 1.24. The van der Waals surface area contributed by atoms with Gasteiger partial charge in [0.15, 0.2) is 5.96 Å². The highest BCUT2D eigenvalue weighted by Crippen LogP contribution is 2.19. The maximum absolute atomic E-state index is 15.0. The Bertz CT molecular complexity index is 4880. The number of rotatable bonds is 61. The molecule has 31 N–H and O–H groups in total. The van der Waals surface area contributed by atoms with Gasteiger partial charge in [-0.2, -0.15) is 11.8 Å². The molecule has 47 heteroatoms. The first-order chi connectivity index (χ1) is 65.1. The highest BCUT2D eigenvalue weighted by Gasteiger charge is 2.40. The van der Waals surface area contributed by atoms with E-state index >= 15 is 4.79 Å². The number of hydrogen-bond acceptors (Lipinski definition) is 27. The van der Waals surface area contributed by atoms with Crippen LogP contribution < -0.4 is 102 Å². The maximum Gasteiger partial charge on any atom is 0.326 e. The fraction of sp³-hybridized carbons (Fsp3) is 0.456. The van der Waals surface area contributed by atoms with Crippen molar-refractivity contribution >= 4 is 124 Å². The van der Waals surface area contributed by atoms with Crippen LogP contribution in [0.3, 0.4) is 0 Å². The Morgan fingerprint density at radius 1 is 0.365 bits per heavy atom. The Hall–Kier alpha value is -14.4. The number of carbonyl (C=O) groups excluding carboxylic acids is 15. The van der Waals surface area contributed by atoms with E-state index in [0.717, 1.165) is 6.92 Å². The van der Waals surface area contributed by atoms with Crippen LogP contribution in [-0.2, 0) is 118 Å². The summed E-state index contributed by atoms with van der Waals surface area (Å²) in [6, 6.07) is 11.6. The number of phenols is 2. The molecular formula is C90H124N20O26S. The summed E-state index contributed by atoms with van der Waals surface area (Å²) in [5, 5.41) is 128. The van der Waals surface area contributed by atoms with Crippen LogP contribution in [0.5, 0.6) is 11.5 Å². The summed E-state index contributed by atoms with van der Waals surface area (Å²) < 4.78 is 0. The molecule has 5 rings (SSSR count). The van der Waals surface area contributed by atoms with Gasteiger partial charge in [-0.25, -0.2) is 4.79 Å². The second kappa shape index (κ2) is 59.4. The summed E-state index contributed by atoms with van der Waals surface area (Å²) in [6.07, 6.45) is -3.48. The molecule has 0 aliphatic rings. The predicted molar refractivity (Wildman–Crippen MR) is 496 cm³/mol. The summed E-state index contributed by atoms with van der Waals surface area (Å²) in [4.78, 5) is 249. The smallest absolute Gasteiger partial charge is 0.326 e. The van der Waals surface area contributed by atoms with E-state index in [1.807, 2.05) is 0 Å². The number of aromatic hydroxyl groups is 2. The van der Waals surface area contributed by atoms with Crippen molar-refractivity contribution < 1.29 is 127 Å². The number of aliphatic carboxylic acids is 3. The molecule has 15 amide bonds. The van der Waals surface area contributed by atoms with E-state index in [0.29, 0.717) is 47.1 Å². The van der Waals surface area contributed by atoms with Gasteiger partial charge in [0.1, 0.15) is 90.0 Å². The zero-order chi connectivity index (χ0) is 101. The van der Waals surface area contributed by atoms with Crippen molar-refractivity contribution in [3.63, 3.8) is 0 Å². The lowest BCUT2D eigenvalue weighted by atomic mass is 9.99. The van der Waals surface area contributed by atoms with Crippen molar-refractivity contribution in [2.24, 2.45) is 23.1 Å². The number of guanidine groups is 1. The van der Waals surface area contributed by atoms with Crippen LogP contribution in [-0.4, -0.2) is 295 Å². The largest absolute Gasteiger partial charge is 0.508 e. The minimum absolute atomic E-state index is 0.0250. The number of thioether (sulfide) groups is 1. The summed E-state index contributed by atoms with van der Waals surface area (Å²) in [7, 11) is 0. The highest BCUT2D eigenvalue weighted by molar-refractivity contribution is 7.98. The van der Waals surface area contributed by atoms with Crippen molar-refractivity contribution in [1.82, 2.24) is 85.1 Å². The van der Waals surface area contributed by atoms with E-state index in [4.69, 9.17) is 22.6 Å². The predicted octanol–water partition coefficient (Wildman–Crippen LogP) is -5.94. The van der Waals surface area contributed by atoms with E-state index in [9.17, 15) is 122 Å². The minimum Gasteiger partial charge on any atom is -0.508 e. The number of carboxylic acids is 3. The number of amides is 15. The van der Waals surface area contributed by atoms with Crippen molar-refractivity contribution in [2.75, 3.05) is 51.4 Å². The second-order valence-corrected chi connectivity index (χ2v) is 33.4. The van der Waals surface area contributed by atoms with Gasteiger partial charge in [0.2, 0.25) is 88.6 Å². The molecule has 5 aromatic rings. The molecule has 0 fully saturated rings. The molecule has 0 heterocycles. The van der Waals surface area contributed by atoms with Gasteiger partial charge in [-0.3, -0.25) is 86.9 Å². The summed E-state index contributed by atoms with van der Waals surface area (Å²) in [6.45, 7) is 0.541. The molecule has 0 aliphatic carbocycles. The number of hydrogen-bond donors (Lipinski definition) is 28. The number of carbonyl (C=O) groups is 18. The topological polar surface area (TPSA) is 763 Å². The minimum atomic E-state index is -2.20. The van der Waals surface area contributed by atoms with Gasteiger partial charge in [0.25, 0.3) is 0 Å². The average Bonchev–Trinajstić information content (AvgIpc) is 0.834. The third kappa shape index (κ3) is 41.5. The fourth-order valence-electron chi connectivity index (χ4n) is 13.5. The van der Waals surface area contributed by atoms with Crippen molar-refractivity contribution in [1.29, 1.82) is 5.41 Å². The van der Waals surface area contributed by atoms with Crippen LogP contribution in [0.15, 0.2) is 140 Å². The number of nitrogens with two attached hydrogens (primary N) is 3. The van der Waals surface area contributed by atoms with Gasteiger partial charge in [0.05, 0.1) is 44.9 Å². The highest BCUT2D eigenvalue weighted by atomic mass is 32.2. The van der Waals surface area contributed by atoms with Gasteiger partial charge in [-0.1, -0.05) is 129 Å². The van der Waals surface area contributed by atoms with Crippen LogP contribution in [0.25, 0.3) is 0 Å². The standard InChI is InChI=1S/C90H124N20O26S/c1-49(2)74(87(133)107-66(41-53-21-12-7-13-22-53)84(130)110-75(50(3)113)88(134)108-65(43-55-27-31-57(115)32-28-55)82(128)103-63(40-52-19-10-6-11-20-52)81(127)104-64(42-54-25-29-56(114)30-26-54)80(126)102-61(89(135)136)24-14-15-36-91)109-78(124)59(33-34-72(118)119)100-83(129)67(44-73(120)121)106-86(132)69(48-112)99-71(117)46-97-77(123)60(35-38-137-4)101-79(125)62(39-51-17-8-5-9-18-51)105-85(131)68(47-111)98-70(116)45-96-76(122)58(92)23-16-37-95-90(93)94/h5-13,17-22,25-32,49-50,58-69,74-75,111-115H,14-16,23-24,33-48,91-92H2,1-4H3,(H,96,122)(H,97,123)(H,98,116)(H,99,117)(H,100,129)(H,101,125)(H,102,126)(H,103,128)(H,104,127)(H,105,131)(H,106,132)(H,107,133)(H,108,134)(H,109,124)(H,110,130)(H,118,119)(H,120,121)(H,135,136)(H4,93,94,95)/t50-,58+,59+,60+,61+,62+,63+,64+,65+,66+,67+,68+,69+,74+,75+/m1/s1. The Balaban J connectivity index is 1.33. The van der Waals surface area contributed by atoms with E-state index < -0.39 is 255 Å². The third-order valence-electron chi connectivity index (χ3n) is 21.0.